The number of aromatic nitrogens is 2. The number of fused-ring (bicyclic) bond motifs is 4. The van der Waals surface area contributed by atoms with Crippen LogP contribution in [0.3, 0.4) is 0 Å². The molecule has 7 nitrogen and oxygen atoms in total. The Morgan fingerprint density at radius 2 is 1.97 bits per heavy atom. The van der Waals surface area contributed by atoms with E-state index < -0.39 is 23.8 Å². The maximum absolute atomic E-state index is 14.9. The third-order valence-corrected chi connectivity index (χ3v) is 7.44. The topological polar surface area (TPSA) is 63.0 Å². The summed E-state index contributed by atoms with van der Waals surface area (Å²) in [5.41, 5.74) is 1.62. The maximum Gasteiger partial charge on any atom is 0.266 e. The minimum Gasteiger partial charge on any atom is -0.491 e. The van der Waals surface area contributed by atoms with Gasteiger partial charge in [-0.05, 0) is 19.9 Å². The Morgan fingerprint density at radius 3 is 2.70 bits per heavy atom. The molecule has 0 spiro atoms. The van der Waals surface area contributed by atoms with Gasteiger partial charge in [-0.2, -0.15) is 0 Å². The van der Waals surface area contributed by atoms with Crippen LogP contribution in [0.5, 0.6) is 5.75 Å². The summed E-state index contributed by atoms with van der Waals surface area (Å²) in [5.74, 6) is 0.571. The SMILES string of the molecule is CC(=O)N1CCN2c3cc4c(=N[C@H](C)c5cccc(C(F)F)c5F)nc(C)n(C)c4cc3OCC[C@H]2C1. The van der Waals surface area contributed by atoms with Gasteiger partial charge in [-0.1, -0.05) is 18.2 Å². The molecule has 0 aliphatic carbocycles. The van der Waals surface area contributed by atoms with E-state index in [1.807, 2.05) is 35.6 Å². The number of hydrogen-bond donors (Lipinski definition) is 0. The number of carbonyl (C=O) groups excluding carboxylic acids is 1. The molecule has 3 aromatic rings. The number of hydrogen-bond acceptors (Lipinski definition) is 5. The lowest BCUT2D eigenvalue weighted by Crippen LogP contribution is -2.54. The molecule has 0 saturated carbocycles. The Labute approximate surface area is 213 Å². The van der Waals surface area contributed by atoms with Crippen LogP contribution < -0.4 is 15.1 Å². The van der Waals surface area contributed by atoms with Crippen LogP contribution in [0.2, 0.25) is 0 Å². The molecule has 3 heterocycles. The van der Waals surface area contributed by atoms with Gasteiger partial charge in [0.2, 0.25) is 5.91 Å². The van der Waals surface area contributed by atoms with Crippen LogP contribution in [0.15, 0.2) is 35.3 Å². The van der Waals surface area contributed by atoms with E-state index in [0.29, 0.717) is 37.6 Å². The number of aryl methyl sites for hydroxylation is 2. The van der Waals surface area contributed by atoms with E-state index in [1.54, 1.807) is 13.8 Å². The first-order valence-electron chi connectivity index (χ1n) is 12.4. The molecule has 0 N–H and O–H groups in total. The van der Waals surface area contributed by atoms with E-state index in [0.717, 1.165) is 34.8 Å². The summed E-state index contributed by atoms with van der Waals surface area (Å²) in [5, 5.41) is 0.752. The number of halogens is 3. The lowest BCUT2D eigenvalue weighted by molar-refractivity contribution is -0.129. The summed E-state index contributed by atoms with van der Waals surface area (Å²) in [6.07, 6.45) is -2.12. The van der Waals surface area contributed by atoms with E-state index >= 15 is 0 Å². The van der Waals surface area contributed by atoms with Crippen LogP contribution >= 0.6 is 0 Å². The van der Waals surface area contributed by atoms with E-state index in [9.17, 15) is 18.0 Å². The number of rotatable bonds is 3. The van der Waals surface area contributed by atoms with Gasteiger partial charge in [0.25, 0.3) is 6.43 Å². The highest BCUT2D eigenvalue weighted by atomic mass is 19.3. The van der Waals surface area contributed by atoms with Crippen LogP contribution in [-0.4, -0.2) is 52.6 Å². The summed E-state index contributed by atoms with van der Waals surface area (Å²) in [7, 11) is 1.90. The van der Waals surface area contributed by atoms with Crippen molar-refractivity contribution in [2.24, 2.45) is 12.0 Å². The van der Waals surface area contributed by atoms with Gasteiger partial charge in [-0.25, -0.2) is 18.2 Å². The minimum atomic E-state index is -2.91. The molecule has 1 fully saturated rings. The molecule has 5 rings (SSSR count). The molecule has 2 aliphatic heterocycles. The molecule has 2 aromatic carbocycles. The van der Waals surface area contributed by atoms with Crippen molar-refractivity contribution >= 4 is 22.5 Å². The molecule has 10 heteroatoms. The van der Waals surface area contributed by atoms with E-state index in [-0.39, 0.29) is 17.5 Å². The number of amides is 1. The maximum atomic E-state index is 14.9. The molecular formula is C27H30F3N5O2. The van der Waals surface area contributed by atoms with Crippen LogP contribution in [-0.2, 0) is 11.8 Å². The second-order valence-corrected chi connectivity index (χ2v) is 9.68. The number of anilines is 1. The summed E-state index contributed by atoms with van der Waals surface area (Å²) in [4.78, 5) is 25.5. The van der Waals surface area contributed by atoms with Gasteiger partial charge in [-0.3, -0.25) is 9.79 Å². The van der Waals surface area contributed by atoms with Gasteiger partial charge in [0.15, 0.2) is 5.49 Å². The molecule has 1 amide bonds. The van der Waals surface area contributed by atoms with E-state index in [1.165, 1.54) is 12.1 Å². The second-order valence-electron chi connectivity index (χ2n) is 9.68. The van der Waals surface area contributed by atoms with Crippen molar-refractivity contribution in [3.05, 3.63) is 58.6 Å². The van der Waals surface area contributed by atoms with Gasteiger partial charge >= 0.3 is 0 Å². The van der Waals surface area contributed by atoms with Crippen LogP contribution in [0.25, 0.3) is 10.9 Å². The van der Waals surface area contributed by atoms with Crippen molar-refractivity contribution in [3.63, 3.8) is 0 Å². The van der Waals surface area contributed by atoms with Crippen molar-refractivity contribution in [2.75, 3.05) is 31.1 Å². The van der Waals surface area contributed by atoms with Crippen LogP contribution in [0.1, 0.15) is 49.7 Å². The number of carbonyl (C=O) groups is 1. The normalized spacial score (nSPS) is 18.9. The molecule has 0 radical (unpaired) electrons. The van der Waals surface area contributed by atoms with Crippen molar-refractivity contribution < 1.29 is 22.7 Å². The minimum absolute atomic E-state index is 0.0634. The average molecular weight is 514 g/mol. The first-order valence-corrected chi connectivity index (χ1v) is 12.4. The third kappa shape index (κ3) is 4.53. The van der Waals surface area contributed by atoms with E-state index in [2.05, 4.69) is 9.88 Å². The fourth-order valence-corrected chi connectivity index (χ4v) is 5.24. The Balaban J connectivity index is 1.65. The summed E-state index contributed by atoms with van der Waals surface area (Å²) < 4.78 is 49.5. The molecule has 2 aliphatic rings. The standard InChI is InChI=1S/C27H30F3N5O2/c1-15(19-6-5-7-20(25(19)28)26(29)30)31-27-21-12-23-24(13-22(21)33(4)16(2)32-27)37-11-8-18-14-34(17(3)36)9-10-35(18)23/h5-7,12-13,15,18,26H,8-11,14H2,1-4H3/t15-,18+/m1/s1. The van der Waals surface area contributed by atoms with Gasteiger partial charge in [-0.15, -0.1) is 0 Å². The quantitative estimate of drug-likeness (QED) is 0.520. The number of nitrogens with zero attached hydrogens (tertiary/aromatic N) is 5. The predicted octanol–water partition coefficient (Wildman–Crippen LogP) is 4.44. The van der Waals surface area contributed by atoms with Gasteiger partial charge < -0.3 is 19.1 Å². The average Bonchev–Trinajstić information content (AvgIpc) is 3.04. The monoisotopic (exact) mass is 513 g/mol. The van der Waals surface area contributed by atoms with Gasteiger partial charge in [0.05, 0.1) is 35.5 Å². The van der Waals surface area contributed by atoms with Crippen LogP contribution in [0, 0.1) is 12.7 Å². The fraction of sp³-hybridized carbons (Fsp3) is 0.444. The van der Waals surface area contributed by atoms with Gasteiger partial charge in [0, 0.05) is 57.0 Å². The number of piperazine rings is 1. The predicted molar refractivity (Wildman–Crippen MR) is 134 cm³/mol. The zero-order valence-corrected chi connectivity index (χ0v) is 21.3. The van der Waals surface area contributed by atoms with Crippen molar-refractivity contribution in [3.8, 4) is 5.75 Å². The molecule has 1 aromatic heterocycles. The van der Waals surface area contributed by atoms with Crippen molar-refractivity contribution in [1.82, 2.24) is 14.5 Å². The van der Waals surface area contributed by atoms with Crippen molar-refractivity contribution in [1.29, 1.82) is 0 Å². The first kappa shape index (κ1) is 25.1. The highest BCUT2D eigenvalue weighted by molar-refractivity contribution is 5.86. The Hall–Kier alpha value is -3.56. The van der Waals surface area contributed by atoms with Gasteiger partial charge in [0.1, 0.15) is 17.4 Å². The van der Waals surface area contributed by atoms with E-state index in [4.69, 9.17) is 9.73 Å². The lowest BCUT2D eigenvalue weighted by Gasteiger charge is -2.41. The Kier molecular flexibility index (Phi) is 6.59. The fourth-order valence-electron chi connectivity index (χ4n) is 5.24. The summed E-state index contributed by atoms with van der Waals surface area (Å²) >= 11 is 0. The van der Waals surface area contributed by atoms with Crippen LogP contribution in [0.4, 0.5) is 18.9 Å². The second kappa shape index (κ2) is 9.72. The Morgan fingerprint density at radius 1 is 1.22 bits per heavy atom. The first-order chi connectivity index (χ1) is 17.7. The number of ether oxygens (including phenoxy) is 1. The molecule has 37 heavy (non-hydrogen) atoms. The zero-order chi connectivity index (χ0) is 26.4. The molecule has 196 valence electrons. The largest absolute Gasteiger partial charge is 0.491 e. The Bertz CT molecular complexity index is 1440. The zero-order valence-electron chi connectivity index (χ0n) is 21.3. The third-order valence-electron chi connectivity index (χ3n) is 7.44. The van der Waals surface area contributed by atoms with Crippen molar-refractivity contribution in [2.45, 2.75) is 45.7 Å². The summed E-state index contributed by atoms with van der Waals surface area (Å²) in [6.45, 7) is 7.57. The molecule has 2 atom stereocenters. The highest BCUT2D eigenvalue weighted by Crippen LogP contribution is 2.37. The smallest absolute Gasteiger partial charge is 0.266 e. The molecular weight excluding hydrogens is 483 g/mol. The summed E-state index contributed by atoms with van der Waals surface area (Å²) in [6, 6.07) is 7.35. The number of alkyl halides is 2. The molecule has 1 saturated heterocycles. The highest BCUT2D eigenvalue weighted by Gasteiger charge is 2.32. The lowest BCUT2D eigenvalue weighted by atomic mass is 10.0. The molecule has 0 unspecified atom stereocenters. The molecule has 0 bridgehead atoms. The number of benzene rings is 2.